The van der Waals surface area contributed by atoms with Gasteiger partial charge in [-0.2, -0.15) is 0 Å². The minimum absolute atomic E-state index is 0.0183. The molecule has 1 atom stereocenters. The van der Waals surface area contributed by atoms with Gasteiger partial charge in [0.2, 0.25) is 0 Å². The molecule has 6 heteroatoms. The Balaban J connectivity index is 0. The Hall–Kier alpha value is -1.66. The van der Waals surface area contributed by atoms with Crippen molar-refractivity contribution in [2.75, 3.05) is 19.8 Å². The van der Waals surface area contributed by atoms with Gasteiger partial charge < -0.3 is 19.7 Å². The Morgan fingerprint density at radius 1 is 1.15 bits per heavy atom. The van der Waals surface area contributed by atoms with Crippen LogP contribution in [0, 0.1) is 5.41 Å². The molecule has 0 radical (unpaired) electrons. The van der Waals surface area contributed by atoms with Crippen molar-refractivity contribution < 1.29 is 29.3 Å². The lowest BCUT2D eigenvalue weighted by Crippen LogP contribution is -2.20. The van der Waals surface area contributed by atoms with Crippen molar-refractivity contribution in [1.29, 1.82) is 0 Å². The van der Waals surface area contributed by atoms with Crippen molar-refractivity contribution in [2.45, 2.75) is 26.9 Å². The van der Waals surface area contributed by atoms with Gasteiger partial charge in [0.15, 0.2) is 0 Å². The summed E-state index contributed by atoms with van der Waals surface area (Å²) in [5.74, 6) is -1.08. The van der Waals surface area contributed by atoms with E-state index < -0.39 is 18.0 Å². The van der Waals surface area contributed by atoms with Crippen molar-refractivity contribution in [1.82, 2.24) is 0 Å². The second-order valence-corrected chi connectivity index (χ2v) is 4.77. The molecule has 0 saturated carbocycles. The zero-order valence-electron chi connectivity index (χ0n) is 12.3. The summed E-state index contributed by atoms with van der Waals surface area (Å²) in [7, 11) is 0. The Kier molecular flexibility index (Phi) is 11.6. The minimum atomic E-state index is -0.540. The monoisotopic (exact) mass is 288 g/mol. The molecule has 0 aliphatic rings. The summed E-state index contributed by atoms with van der Waals surface area (Å²) < 4.78 is 9.36. The van der Waals surface area contributed by atoms with Gasteiger partial charge in [0, 0.05) is 17.6 Å². The number of hydrogen-bond donors (Lipinski definition) is 2. The standard InChI is InChI=1S/C9H12O4.C5H12O2/c1-4-8(10)12-6-7(3)13-9(11)5-2;1-5(2,3-6)4-7/h4-5,7H,1-2,6H2,3H3;6-7H,3-4H2,1-2H3. The Morgan fingerprint density at radius 2 is 1.60 bits per heavy atom. The summed E-state index contributed by atoms with van der Waals surface area (Å²) >= 11 is 0. The molecular formula is C14H24O6. The summed E-state index contributed by atoms with van der Waals surface area (Å²) in [5.41, 5.74) is -0.306. The molecule has 20 heavy (non-hydrogen) atoms. The molecule has 0 saturated heterocycles. The molecule has 0 heterocycles. The Morgan fingerprint density at radius 3 is 1.90 bits per heavy atom. The fraction of sp³-hybridized carbons (Fsp3) is 0.571. The van der Waals surface area contributed by atoms with Crippen LogP contribution in [-0.2, 0) is 19.1 Å². The van der Waals surface area contributed by atoms with Gasteiger partial charge in [-0.15, -0.1) is 0 Å². The van der Waals surface area contributed by atoms with Gasteiger partial charge in [0.25, 0.3) is 0 Å². The van der Waals surface area contributed by atoms with Crippen LogP contribution < -0.4 is 0 Å². The first-order valence-corrected chi connectivity index (χ1v) is 6.06. The van der Waals surface area contributed by atoms with Crippen LogP contribution >= 0.6 is 0 Å². The van der Waals surface area contributed by atoms with E-state index in [0.29, 0.717) is 0 Å². The third kappa shape index (κ3) is 12.8. The molecule has 2 N–H and O–H groups in total. The van der Waals surface area contributed by atoms with Crippen molar-refractivity contribution >= 4 is 11.9 Å². The lowest BCUT2D eigenvalue weighted by atomic mass is 9.97. The van der Waals surface area contributed by atoms with Crippen molar-refractivity contribution in [3.05, 3.63) is 25.3 Å². The largest absolute Gasteiger partial charge is 0.459 e. The maximum Gasteiger partial charge on any atom is 0.330 e. The van der Waals surface area contributed by atoms with Crippen LogP contribution in [0.3, 0.4) is 0 Å². The van der Waals surface area contributed by atoms with Crippen LogP contribution in [0.2, 0.25) is 0 Å². The highest BCUT2D eigenvalue weighted by Crippen LogP contribution is 2.10. The minimum Gasteiger partial charge on any atom is -0.459 e. The SMILES string of the molecule is C=CC(=O)OCC(C)OC(=O)C=C.CC(C)(CO)CO. The molecule has 0 aromatic carbocycles. The van der Waals surface area contributed by atoms with E-state index in [9.17, 15) is 9.59 Å². The predicted octanol–water partition coefficient (Wildman–Crippen LogP) is 0.830. The van der Waals surface area contributed by atoms with Crippen LogP contribution in [0.4, 0.5) is 0 Å². The van der Waals surface area contributed by atoms with E-state index in [0.717, 1.165) is 12.2 Å². The highest BCUT2D eigenvalue weighted by molar-refractivity contribution is 5.82. The molecule has 0 bridgehead atoms. The summed E-state index contributed by atoms with van der Waals surface area (Å²) in [6.45, 7) is 11.8. The van der Waals surface area contributed by atoms with Gasteiger partial charge in [-0.25, -0.2) is 9.59 Å². The number of aliphatic hydroxyl groups excluding tert-OH is 2. The van der Waals surface area contributed by atoms with Crippen LogP contribution in [0.1, 0.15) is 20.8 Å². The second-order valence-electron chi connectivity index (χ2n) is 4.77. The molecule has 0 fully saturated rings. The van der Waals surface area contributed by atoms with E-state index in [1.807, 2.05) is 0 Å². The van der Waals surface area contributed by atoms with Crippen LogP contribution in [0.5, 0.6) is 0 Å². The summed E-state index contributed by atoms with van der Waals surface area (Å²) in [5, 5.41) is 16.9. The fourth-order valence-corrected chi connectivity index (χ4v) is 0.589. The molecule has 0 rings (SSSR count). The molecule has 0 spiro atoms. The molecule has 0 aromatic heterocycles. The van der Waals surface area contributed by atoms with Crippen LogP contribution in [0.15, 0.2) is 25.3 Å². The van der Waals surface area contributed by atoms with E-state index >= 15 is 0 Å². The van der Waals surface area contributed by atoms with Gasteiger partial charge >= 0.3 is 11.9 Å². The maximum absolute atomic E-state index is 10.6. The number of carbonyl (C=O) groups is 2. The third-order valence-electron chi connectivity index (χ3n) is 1.97. The van der Waals surface area contributed by atoms with Gasteiger partial charge in [0.1, 0.15) is 12.7 Å². The first kappa shape index (κ1) is 20.7. The molecule has 116 valence electrons. The number of esters is 2. The second kappa shape index (κ2) is 11.2. The van der Waals surface area contributed by atoms with Crippen molar-refractivity contribution in [3.8, 4) is 0 Å². The van der Waals surface area contributed by atoms with Crippen molar-refractivity contribution in [2.24, 2.45) is 5.41 Å². The average molecular weight is 288 g/mol. The summed E-state index contributed by atoms with van der Waals surface area (Å²) in [4.78, 5) is 21.2. The summed E-state index contributed by atoms with van der Waals surface area (Å²) in [6, 6.07) is 0. The smallest absolute Gasteiger partial charge is 0.330 e. The van der Waals surface area contributed by atoms with Gasteiger partial charge in [0.05, 0.1) is 13.2 Å². The number of aliphatic hydroxyl groups is 2. The van der Waals surface area contributed by atoms with Gasteiger partial charge in [-0.05, 0) is 6.92 Å². The highest BCUT2D eigenvalue weighted by atomic mass is 16.6. The molecular weight excluding hydrogens is 264 g/mol. The number of hydrogen-bond acceptors (Lipinski definition) is 6. The Labute approximate surface area is 119 Å². The van der Waals surface area contributed by atoms with Crippen LogP contribution in [0.25, 0.3) is 0 Å². The molecule has 0 aromatic rings. The zero-order chi connectivity index (χ0) is 16.2. The van der Waals surface area contributed by atoms with Crippen LogP contribution in [-0.4, -0.2) is 48.1 Å². The predicted molar refractivity (Wildman–Crippen MR) is 74.9 cm³/mol. The topological polar surface area (TPSA) is 93.1 Å². The maximum atomic E-state index is 10.6. The molecule has 0 aliphatic heterocycles. The van der Waals surface area contributed by atoms with E-state index in [-0.39, 0.29) is 25.2 Å². The lowest BCUT2D eigenvalue weighted by Gasteiger charge is -2.16. The normalized spacial score (nSPS) is 11.4. The van der Waals surface area contributed by atoms with Gasteiger partial charge in [-0.3, -0.25) is 0 Å². The van der Waals surface area contributed by atoms with E-state index in [4.69, 9.17) is 14.9 Å². The molecule has 6 nitrogen and oxygen atoms in total. The average Bonchev–Trinajstić information content (AvgIpc) is 2.45. The Bertz CT molecular complexity index is 316. The number of ether oxygens (including phenoxy) is 2. The molecule has 0 aliphatic carbocycles. The molecule has 1 unspecified atom stereocenters. The number of rotatable bonds is 7. The third-order valence-corrected chi connectivity index (χ3v) is 1.97. The first-order valence-electron chi connectivity index (χ1n) is 6.06. The van der Waals surface area contributed by atoms with E-state index in [1.165, 1.54) is 0 Å². The first-order chi connectivity index (χ1) is 9.22. The van der Waals surface area contributed by atoms with Crippen molar-refractivity contribution in [3.63, 3.8) is 0 Å². The number of carbonyl (C=O) groups excluding carboxylic acids is 2. The summed E-state index contributed by atoms with van der Waals surface area (Å²) in [6.07, 6.45) is 1.61. The zero-order valence-corrected chi connectivity index (χ0v) is 12.3. The fourth-order valence-electron chi connectivity index (χ4n) is 0.589. The lowest BCUT2D eigenvalue weighted by molar-refractivity contribution is -0.151. The van der Waals surface area contributed by atoms with E-state index in [1.54, 1.807) is 20.8 Å². The highest BCUT2D eigenvalue weighted by Gasteiger charge is 2.13. The quantitative estimate of drug-likeness (QED) is 0.532. The molecule has 0 amide bonds. The van der Waals surface area contributed by atoms with Gasteiger partial charge in [-0.1, -0.05) is 27.0 Å². The van der Waals surface area contributed by atoms with E-state index in [2.05, 4.69) is 17.9 Å².